The highest BCUT2D eigenvalue weighted by Crippen LogP contribution is 2.07. The molecule has 1 atom stereocenters. The Labute approximate surface area is 107 Å². The van der Waals surface area contributed by atoms with E-state index >= 15 is 0 Å². The lowest BCUT2D eigenvalue weighted by molar-refractivity contribution is 0.499. The van der Waals surface area contributed by atoms with Gasteiger partial charge in [-0.05, 0) is 25.0 Å². The number of nitrogens with zero attached hydrogens (tertiary/aromatic N) is 3. The van der Waals surface area contributed by atoms with E-state index in [1.807, 2.05) is 24.7 Å². The summed E-state index contributed by atoms with van der Waals surface area (Å²) < 4.78 is 2.13. The van der Waals surface area contributed by atoms with Gasteiger partial charge in [-0.25, -0.2) is 4.98 Å². The van der Waals surface area contributed by atoms with Crippen LogP contribution in [-0.4, -0.2) is 20.6 Å². The van der Waals surface area contributed by atoms with E-state index in [0.29, 0.717) is 0 Å². The molecule has 5 heteroatoms. The summed E-state index contributed by atoms with van der Waals surface area (Å²) in [4.78, 5) is 8.48. The SMILES string of the molecule is CCn1ccnc1CC(Cc1cccnc1)NN. The van der Waals surface area contributed by atoms with Crippen LogP contribution in [0, 0.1) is 0 Å². The van der Waals surface area contributed by atoms with Crippen molar-refractivity contribution in [3.63, 3.8) is 0 Å². The quantitative estimate of drug-likeness (QED) is 0.586. The fourth-order valence-corrected chi connectivity index (χ4v) is 2.03. The van der Waals surface area contributed by atoms with Crippen molar-refractivity contribution < 1.29 is 0 Å². The first-order chi connectivity index (χ1) is 8.83. The summed E-state index contributed by atoms with van der Waals surface area (Å²) in [6, 6.07) is 4.17. The van der Waals surface area contributed by atoms with Crippen LogP contribution in [0.4, 0.5) is 0 Å². The number of aromatic nitrogens is 3. The van der Waals surface area contributed by atoms with Crippen LogP contribution in [0.15, 0.2) is 36.9 Å². The number of rotatable bonds is 6. The van der Waals surface area contributed by atoms with E-state index in [1.165, 1.54) is 5.56 Å². The van der Waals surface area contributed by atoms with E-state index < -0.39 is 0 Å². The maximum atomic E-state index is 5.62. The molecule has 3 N–H and O–H groups in total. The van der Waals surface area contributed by atoms with E-state index in [1.54, 1.807) is 6.20 Å². The Balaban J connectivity index is 2.02. The van der Waals surface area contributed by atoms with Crippen molar-refractivity contribution in [3.8, 4) is 0 Å². The summed E-state index contributed by atoms with van der Waals surface area (Å²) >= 11 is 0. The first-order valence-electron chi connectivity index (χ1n) is 6.18. The highest BCUT2D eigenvalue weighted by molar-refractivity contribution is 5.11. The fourth-order valence-electron chi connectivity index (χ4n) is 2.03. The highest BCUT2D eigenvalue weighted by Gasteiger charge is 2.12. The first-order valence-corrected chi connectivity index (χ1v) is 6.18. The third-order valence-electron chi connectivity index (χ3n) is 3.01. The molecule has 2 aromatic rings. The number of hydrogen-bond acceptors (Lipinski definition) is 4. The first kappa shape index (κ1) is 12.7. The molecule has 2 rings (SSSR count). The molecule has 0 saturated heterocycles. The van der Waals surface area contributed by atoms with Crippen molar-refractivity contribution in [1.29, 1.82) is 0 Å². The molecule has 0 radical (unpaired) electrons. The van der Waals surface area contributed by atoms with Crippen LogP contribution in [0.3, 0.4) is 0 Å². The van der Waals surface area contributed by atoms with Gasteiger partial charge in [0.1, 0.15) is 5.82 Å². The Morgan fingerprint density at radius 1 is 1.39 bits per heavy atom. The standard InChI is InChI=1S/C13H19N5/c1-2-18-7-6-16-13(18)9-12(17-14)8-11-4-3-5-15-10-11/h3-7,10,12,17H,2,8-9,14H2,1H3. The van der Waals surface area contributed by atoms with Gasteiger partial charge in [0.25, 0.3) is 0 Å². The van der Waals surface area contributed by atoms with Gasteiger partial charge in [-0.3, -0.25) is 16.3 Å². The van der Waals surface area contributed by atoms with Crippen LogP contribution in [-0.2, 0) is 19.4 Å². The summed E-state index contributed by atoms with van der Waals surface area (Å²) in [6.07, 6.45) is 9.13. The summed E-state index contributed by atoms with van der Waals surface area (Å²) in [5.41, 5.74) is 4.03. The maximum absolute atomic E-state index is 5.62. The Morgan fingerprint density at radius 3 is 2.94 bits per heavy atom. The Morgan fingerprint density at radius 2 is 2.28 bits per heavy atom. The lowest BCUT2D eigenvalue weighted by Crippen LogP contribution is -2.39. The van der Waals surface area contributed by atoms with Crippen LogP contribution < -0.4 is 11.3 Å². The predicted octanol–water partition coefficient (Wildman–Crippen LogP) is 0.915. The Kier molecular flexibility index (Phi) is 4.44. The lowest BCUT2D eigenvalue weighted by atomic mass is 10.1. The summed E-state index contributed by atoms with van der Waals surface area (Å²) in [5, 5.41) is 0. The number of nitrogens with two attached hydrogens (primary N) is 1. The molecule has 0 aliphatic heterocycles. The zero-order valence-corrected chi connectivity index (χ0v) is 10.6. The molecule has 18 heavy (non-hydrogen) atoms. The number of hydrazine groups is 1. The average Bonchev–Trinajstić information content (AvgIpc) is 2.86. The summed E-state index contributed by atoms with van der Waals surface area (Å²) in [7, 11) is 0. The Bertz CT molecular complexity index is 465. The molecule has 0 saturated carbocycles. The van der Waals surface area contributed by atoms with Gasteiger partial charge in [-0.15, -0.1) is 0 Å². The molecule has 0 spiro atoms. The maximum Gasteiger partial charge on any atom is 0.110 e. The minimum absolute atomic E-state index is 0.168. The molecule has 0 aliphatic rings. The molecule has 0 aliphatic carbocycles. The second kappa shape index (κ2) is 6.28. The average molecular weight is 245 g/mol. The fraction of sp³-hybridized carbons (Fsp3) is 0.385. The van der Waals surface area contributed by atoms with E-state index in [0.717, 1.165) is 25.2 Å². The van der Waals surface area contributed by atoms with Crippen molar-refractivity contribution in [2.75, 3.05) is 0 Å². The van der Waals surface area contributed by atoms with Crippen LogP contribution in [0.2, 0.25) is 0 Å². The van der Waals surface area contributed by atoms with Crippen molar-refractivity contribution in [2.24, 2.45) is 5.84 Å². The van der Waals surface area contributed by atoms with E-state index in [-0.39, 0.29) is 6.04 Å². The van der Waals surface area contributed by atoms with Crippen LogP contribution in [0.25, 0.3) is 0 Å². The molecule has 2 heterocycles. The van der Waals surface area contributed by atoms with Gasteiger partial charge < -0.3 is 4.57 Å². The normalized spacial score (nSPS) is 12.6. The number of pyridine rings is 1. The minimum Gasteiger partial charge on any atom is -0.335 e. The van der Waals surface area contributed by atoms with Crippen molar-refractivity contribution in [2.45, 2.75) is 32.4 Å². The molecule has 0 aromatic carbocycles. The largest absolute Gasteiger partial charge is 0.335 e. The number of aryl methyl sites for hydroxylation is 1. The van der Waals surface area contributed by atoms with Gasteiger partial charge >= 0.3 is 0 Å². The number of hydrogen-bond donors (Lipinski definition) is 2. The van der Waals surface area contributed by atoms with Gasteiger partial charge in [-0.2, -0.15) is 0 Å². The molecule has 5 nitrogen and oxygen atoms in total. The summed E-state index contributed by atoms with van der Waals surface area (Å²) in [6.45, 7) is 3.04. The minimum atomic E-state index is 0.168. The molecule has 1 unspecified atom stereocenters. The molecule has 0 bridgehead atoms. The lowest BCUT2D eigenvalue weighted by Gasteiger charge is -2.16. The third kappa shape index (κ3) is 3.15. The van der Waals surface area contributed by atoms with Crippen molar-refractivity contribution in [3.05, 3.63) is 48.3 Å². The van der Waals surface area contributed by atoms with Crippen LogP contribution >= 0.6 is 0 Å². The highest BCUT2D eigenvalue weighted by atomic mass is 15.2. The van der Waals surface area contributed by atoms with Gasteiger partial charge in [0, 0.05) is 43.8 Å². The molecule has 96 valence electrons. The molecule has 0 fully saturated rings. The van der Waals surface area contributed by atoms with Gasteiger partial charge in [0.15, 0.2) is 0 Å². The smallest absolute Gasteiger partial charge is 0.110 e. The monoisotopic (exact) mass is 245 g/mol. The van der Waals surface area contributed by atoms with E-state index in [4.69, 9.17) is 5.84 Å². The molecular weight excluding hydrogens is 226 g/mol. The van der Waals surface area contributed by atoms with Gasteiger partial charge in [0.05, 0.1) is 0 Å². The van der Waals surface area contributed by atoms with Gasteiger partial charge in [0.2, 0.25) is 0 Å². The van der Waals surface area contributed by atoms with Gasteiger partial charge in [-0.1, -0.05) is 6.07 Å². The second-order valence-electron chi connectivity index (χ2n) is 4.26. The third-order valence-corrected chi connectivity index (χ3v) is 3.01. The zero-order chi connectivity index (χ0) is 12.8. The van der Waals surface area contributed by atoms with Crippen LogP contribution in [0.1, 0.15) is 18.3 Å². The topological polar surface area (TPSA) is 68.8 Å². The number of nitrogens with one attached hydrogen (secondary N) is 1. The van der Waals surface area contributed by atoms with Crippen molar-refractivity contribution in [1.82, 2.24) is 20.0 Å². The summed E-state index contributed by atoms with van der Waals surface area (Å²) in [5.74, 6) is 6.68. The van der Waals surface area contributed by atoms with Crippen molar-refractivity contribution >= 4 is 0 Å². The zero-order valence-electron chi connectivity index (χ0n) is 10.6. The Hall–Kier alpha value is -1.72. The number of imidazole rings is 1. The second-order valence-corrected chi connectivity index (χ2v) is 4.26. The van der Waals surface area contributed by atoms with E-state index in [2.05, 4.69) is 33.0 Å². The van der Waals surface area contributed by atoms with Crippen LogP contribution in [0.5, 0.6) is 0 Å². The molecule has 0 amide bonds. The molecular formula is C13H19N5. The van der Waals surface area contributed by atoms with E-state index in [9.17, 15) is 0 Å². The predicted molar refractivity (Wildman–Crippen MR) is 70.7 cm³/mol. The molecule has 2 aromatic heterocycles.